The molecule has 1 saturated heterocycles. The summed E-state index contributed by atoms with van der Waals surface area (Å²) in [5.41, 5.74) is 0.894. The van der Waals surface area contributed by atoms with E-state index in [0.717, 1.165) is 6.54 Å². The van der Waals surface area contributed by atoms with Gasteiger partial charge in [-0.05, 0) is 43.7 Å². The van der Waals surface area contributed by atoms with Gasteiger partial charge in [0.15, 0.2) is 11.4 Å². The maximum atomic E-state index is 13.5. The topological polar surface area (TPSA) is 101 Å². The lowest BCUT2D eigenvalue weighted by atomic mass is 9.95. The van der Waals surface area contributed by atoms with Gasteiger partial charge in [-0.15, -0.1) is 0 Å². The van der Waals surface area contributed by atoms with Crippen LogP contribution in [0.4, 0.5) is 10.1 Å². The van der Waals surface area contributed by atoms with Crippen LogP contribution in [0.25, 0.3) is 0 Å². The van der Waals surface area contributed by atoms with Gasteiger partial charge >= 0.3 is 0 Å². The summed E-state index contributed by atoms with van der Waals surface area (Å²) in [6.07, 6.45) is 2.05. The smallest absolute Gasteiger partial charge is 0.276 e. The first kappa shape index (κ1) is 19.9. The van der Waals surface area contributed by atoms with Gasteiger partial charge in [-0.2, -0.15) is 0 Å². The second-order valence-electron chi connectivity index (χ2n) is 7.49. The summed E-state index contributed by atoms with van der Waals surface area (Å²) in [7, 11) is -2.26. The molecule has 4 rings (SSSR count). The van der Waals surface area contributed by atoms with Gasteiger partial charge in [0, 0.05) is 37.4 Å². The fraction of sp³-hybridized carbons (Fsp3) is 0.421. The molecule has 3 heterocycles. The van der Waals surface area contributed by atoms with E-state index in [1.54, 1.807) is 14.0 Å². The number of halogens is 1. The van der Waals surface area contributed by atoms with Crippen molar-refractivity contribution in [3.05, 3.63) is 41.5 Å². The minimum Gasteiger partial charge on any atom is -0.489 e. The molecule has 0 bridgehead atoms. The Balaban J connectivity index is 1.69. The van der Waals surface area contributed by atoms with E-state index < -0.39 is 15.9 Å². The Hall–Kier alpha value is -2.43. The van der Waals surface area contributed by atoms with Crippen molar-refractivity contribution in [3.63, 3.8) is 0 Å². The molecule has 1 aromatic heterocycles. The highest BCUT2D eigenvalue weighted by Gasteiger charge is 2.37. The standard InChI is InChI=1S/C19H23FN4O4S/c1-11-7-13(3-4-14(11)20)22-19(25)17-18-16(9-24(17)2)29(26,27)23-15-5-6-21-8-12(15)10-28-18/h3-4,7,9,12,15,21,23H,5-6,8,10H2,1-2H3,(H,22,25)/t12-,15+/m0/s1. The summed E-state index contributed by atoms with van der Waals surface area (Å²) in [6.45, 7) is 3.24. The molecule has 1 amide bonds. The molecule has 0 unspecified atom stereocenters. The summed E-state index contributed by atoms with van der Waals surface area (Å²) in [5, 5.41) is 5.93. The van der Waals surface area contributed by atoms with Crippen LogP contribution in [0.1, 0.15) is 22.5 Å². The van der Waals surface area contributed by atoms with Crippen LogP contribution < -0.4 is 20.1 Å². The highest BCUT2D eigenvalue weighted by molar-refractivity contribution is 7.89. The molecule has 29 heavy (non-hydrogen) atoms. The Bertz CT molecular complexity index is 1070. The van der Waals surface area contributed by atoms with Gasteiger partial charge < -0.3 is 19.9 Å². The highest BCUT2D eigenvalue weighted by Crippen LogP contribution is 2.34. The average molecular weight is 422 g/mol. The molecule has 8 nitrogen and oxygen atoms in total. The number of rotatable bonds is 2. The molecule has 1 fully saturated rings. The van der Waals surface area contributed by atoms with Crippen molar-refractivity contribution in [2.24, 2.45) is 13.0 Å². The van der Waals surface area contributed by atoms with E-state index in [0.29, 0.717) is 24.2 Å². The van der Waals surface area contributed by atoms with Crippen LogP contribution in [0.5, 0.6) is 5.75 Å². The number of amides is 1. The van der Waals surface area contributed by atoms with E-state index in [4.69, 9.17) is 4.74 Å². The number of nitrogens with zero attached hydrogens (tertiary/aromatic N) is 1. The van der Waals surface area contributed by atoms with Crippen LogP contribution in [0.3, 0.4) is 0 Å². The third kappa shape index (κ3) is 3.75. The van der Waals surface area contributed by atoms with Crippen LogP contribution in [-0.4, -0.2) is 44.6 Å². The zero-order valence-electron chi connectivity index (χ0n) is 16.2. The van der Waals surface area contributed by atoms with E-state index in [-0.39, 0.29) is 40.7 Å². The number of carbonyl (C=O) groups is 1. The lowest BCUT2D eigenvalue weighted by Gasteiger charge is -2.34. The van der Waals surface area contributed by atoms with Gasteiger partial charge in [0.05, 0.1) is 6.61 Å². The number of ether oxygens (including phenoxy) is 1. The molecule has 2 atom stereocenters. The summed E-state index contributed by atoms with van der Waals surface area (Å²) in [6, 6.07) is 4.01. The molecule has 3 N–H and O–H groups in total. The van der Waals surface area contributed by atoms with Gasteiger partial charge in [-0.25, -0.2) is 17.5 Å². The number of nitrogens with one attached hydrogen (secondary N) is 3. The maximum Gasteiger partial charge on any atom is 0.276 e. The van der Waals surface area contributed by atoms with Crippen LogP contribution in [0, 0.1) is 18.7 Å². The van der Waals surface area contributed by atoms with Crippen molar-refractivity contribution in [1.82, 2.24) is 14.6 Å². The Morgan fingerprint density at radius 1 is 1.38 bits per heavy atom. The van der Waals surface area contributed by atoms with Crippen molar-refractivity contribution >= 4 is 21.6 Å². The minimum atomic E-state index is -3.85. The molecule has 0 radical (unpaired) electrons. The largest absolute Gasteiger partial charge is 0.489 e. The van der Waals surface area contributed by atoms with E-state index >= 15 is 0 Å². The quantitative estimate of drug-likeness (QED) is 0.679. The number of aryl methyl sites for hydroxylation is 2. The van der Waals surface area contributed by atoms with Crippen molar-refractivity contribution in [1.29, 1.82) is 0 Å². The number of hydrogen-bond acceptors (Lipinski definition) is 5. The summed E-state index contributed by atoms with van der Waals surface area (Å²) < 4.78 is 49.4. The van der Waals surface area contributed by atoms with Crippen LogP contribution >= 0.6 is 0 Å². The molecule has 156 valence electrons. The SMILES string of the molecule is Cc1cc(NC(=O)c2c3c(cn2C)S(=O)(=O)N[C@@H]2CCNC[C@H]2CO3)ccc1F. The van der Waals surface area contributed by atoms with Crippen molar-refractivity contribution in [3.8, 4) is 5.75 Å². The second-order valence-corrected chi connectivity index (χ2v) is 9.17. The predicted molar refractivity (Wildman–Crippen MR) is 105 cm³/mol. The number of anilines is 1. The molecule has 2 aliphatic rings. The van der Waals surface area contributed by atoms with Crippen LogP contribution in [0.15, 0.2) is 29.3 Å². The highest BCUT2D eigenvalue weighted by atomic mass is 32.2. The van der Waals surface area contributed by atoms with Gasteiger partial charge in [0.25, 0.3) is 5.91 Å². The lowest BCUT2D eigenvalue weighted by Crippen LogP contribution is -2.52. The van der Waals surface area contributed by atoms with Gasteiger partial charge in [0.2, 0.25) is 10.0 Å². The summed E-state index contributed by atoms with van der Waals surface area (Å²) >= 11 is 0. The van der Waals surface area contributed by atoms with E-state index in [1.807, 2.05) is 0 Å². The Labute approximate surface area is 168 Å². The number of hydrogen-bond donors (Lipinski definition) is 3. The molecule has 10 heteroatoms. The molecular weight excluding hydrogens is 399 g/mol. The number of piperidine rings is 1. The molecule has 0 spiro atoms. The number of benzene rings is 1. The lowest BCUT2D eigenvalue weighted by molar-refractivity contribution is 0.101. The number of carbonyl (C=O) groups excluding carboxylic acids is 1. The predicted octanol–water partition coefficient (Wildman–Crippen LogP) is 1.37. The van der Waals surface area contributed by atoms with Gasteiger partial charge in [-0.3, -0.25) is 4.79 Å². The van der Waals surface area contributed by atoms with Crippen molar-refractivity contribution in [2.75, 3.05) is 25.0 Å². The molecule has 0 aliphatic carbocycles. The van der Waals surface area contributed by atoms with Crippen LogP contribution in [-0.2, 0) is 17.1 Å². The number of aromatic nitrogens is 1. The first-order valence-electron chi connectivity index (χ1n) is 9.39. The van der Waals surface area contributed by atoms with Crippen molar-refractivity contribution in [2.45, 2.75) is 24.3 Å². The zero-order valence-corrected chi connectivity index (χ0v) is 17.0. The van der Waals surface area contributed by atoms with Gasteiger partial charge in [-0.1, -0.05) is 0 Å². The maximum absolute atomic E-state index is 13.5. The normalized spacial score (nSPS) is 23.1. The van der Waals surface area contributed by atoms with Crippen molar-refractivity contribution < 1.29 is 22.3 Å². The molecule has 2 aromatic rings. The van der Waals surface area contributed by atoms with E-state index in [9.17, 15) is 17.6 Å². The zero-order chi connectivity index (χ0) is 20.8. The van der Waals surface area contributed by atoms with Gasteiger partial charge in [0.1, 0.15) is 10.7 Å². The second kappa shape index (κ2) is 7.43. The minimum absolute atomic E-state index is 0.0281. The van der Waals surface area contributed by atoms with E-state index in [2.05, 4.69) is 15.4 Å². The third-order valence-corrected chi connectivity index (χ3v) is 6.86. The third-order valence-electron chi connectivity index (χ3n) is 5.38. The fourth-order valence-electron chi connectivity index (χ4n) is 3.79. The number of sulfonamides is 1. The monoisotopic (exact) mass is 422 g/mol. The Morgan fingerprint density at radius 2 is 2.17 bits per heavy atom. The first-order valence-corrected chi connectivity index (χ1v) is 10.9. The first-order chi connectivity index (χ1) is 13.8. The summed E-state index contributed by atoms with van der Waals surface area (Å²) in [5.74, 6) is -0.917. The van der Waals surface area contributed by atoms with E-state index in [1.165, 1.54) is 29.0 Å². The number of fused-ring (bicyclic) bond motifs is 2. The Morgan fingerprint density at radius 3 is 2.93 bits per heavy atom. The molecule has 0 saturated carbocycles. The molecule has 1 aromatic carbocycles. The summed E-state index contributed by atoms with van der Waals surface area (Å²) in [4.78, 5) is 12.9. The molecule has 2 aliphatic heterocycles. The molecular formula is C19H23FN4O4S. The van der Waals surface area contributed by atoms with Crippen LogP contribution in [0.2, 0.25) is 0 Å². The Kier molecular flexibility index (Phi) is 5.09. The average Bonchev–Trinajstić information content (AvgIpc) is 3.00. The fourth-order valence-corrected chi connectivity index (χ4v) is 5.32.